The van der Waals surface area contributed by atoms with E-state index >= 15 is 0 Å². The molecule has 1 amide bonds. The summed E-state index contributed by atoms with van der Waals surface area (Å²) in [5.74, 6) is 1.49. The molecule has 29 heavy (non-hydrogen) atoms. The minimum atomic E-state index is 0.109. The summed E-state index contributed by atoms with van der Waals surface area (Å²) < 4.78 is 0.708. The van der Waals surface area contributed by atoms with E-state index in [1.54, 1.807) is 6.20 Å². The highest BCUT2D eigenvalue weighted by Crippen LogP contribution is 2.28. The second-order valence-corrected chi connectivity index (χ2v) is 8.71. The van der Waals surface area contributed by atoms with E-state index in [2.05, 4.69) is 36.1 Å². The Balaban J connectivity index is 1.20. The summed E-state index contributed by atoms with van der Waals surface area (Å²) in [6.45, 7) is 2.96. The molecule has 4 aromatic heterocycles. The third-order valence-electron chi connectivity index (χ3n) is 4.93. The Kier molecular flexibility index (Phi) is 4.78. The molecule has 0 radical (unpaired) electrons. The molecule has 148 valence electrons. The Hall–Kier alpha value is -2.75. The molecule has 8 nitrogen and oxygen atoms in total. The van der Waals surface area contributed by atoms with Crippen molar-refractivity contribution in [1.82, 2.24) is 34.9 Å². The molecule has 0 unspecified atom stereocenters. The largest absolute Gasteiger partial charge is 0.357 e. The van der Waals surface area contributed by atoms with Crippen LogP contribution in [-0.2, 0) is 17.9 Å². The number of H-pyrrole nitrogens is 2. The first-order valence-corrected chi connectivity index (χ1v) is 10.4. The average Bonchev–Trinajstić information content (AvgIpc) is 3.43. The number of thiophene rings is 1. The number of amides is 1. The maximum absolute atomic E-state index is 12.6. The van der Waals surface area contributed by atoms with Gasteiger partial charge in [-0.05, 0) is 24.3 Å². The van der Waals surface area contributed by atoms with E-state index in [9.17, 15) is 4.79 Å². The molecule has 4 aromatic rings. The fraction of sp³-hybridized carbons (Fsp3) is 0.263. The number of carbonyl (C=O) groups is 1. The quantitative estimate of drug-likeness (QED) is 0.510. The Labute approximate surface area is 175 Å². The van der Waals surface area contributed by atoms with Gasteiger partial charge in [0.25, 0.3) is 0 Å². The van der Waals surface area contributed by atoms with Crippen LogP contribution in [0.4, 0.5) is 0 Å². The predicted octanol–water partition coefficient (Wildman–Crippen LogP) is 2.91. The van der Waals surface area contributed by atoms with Crippen LogP contribution in [0.2, 0.25) is 4.34 Å². The first kappa shape index (κ1) is 18.3. The zero-order chi connectivity index (χ0) is 19.8. The maximum Gasteiger partial charge on any atom is 0.237 e. The lowest BCUT2D eigenvalue weighted by Gasteiger charge is -2.33. The minimum absolute atomic E-state index is 0.109. The number of aromatic nitrogens is 5. The molecule has 10 heteroatoms. The fourth-order valence-corrected chi connectivity index (χ4v) is 4.48. The zero-order valence-electron chi connectivity index (χ0n) is 15.4. The smallest absolute Gasteiger partial charge is 0.237 e. The summed E-state index contributed by atoms with van der Waals surface area (Å²) in [5, 5.41) is 8.28. The number of hydrogen-bond acceptors (Lipinski definition) is 6. The van der Waals surface area contributed by atoms with Crippen LogP contribution in [0.25, 0.3) is 21.6 Å². The molecule has 2 N–H and O–H groups in total. The van der Waals surface area contributed by atoms with Gasteiger partial charge in [-0.2, -0.15) is 5.10 Å². The van der Waals surface area contributed by atoms with E-state index in [0.29, 0.717) is 36.3 Å². The number of aromatic amines is 2. The lowest BCUT2D eigenvalue weighted by molar-refractivity contribution is -0.137. The minimum Gasteiger partial charge on any atom is -0.357 e. The maximum atomic E-state index is 12.6. The molecule has 0 aliphatic carbocycles. The van der Waals surface area contributed by atoms with Crippen LogP contribution in [0.1, 0.15) is 11.5 Å². The van der Waals surface area contributed by atoms with Crippen LogP contribution in [0, 0.1) is 0 Å². The van der Waals surface area contributed by atoms with Gasteiger partial charge in [0.2, 0.25) is 5.91 Å². The van der Waals surface area contributed by atoms with E-state index in [4.69, 9.17) is 11.6 Å². The third-order valence-corrected chi connectivity index (χ3v) is 6.16. The van der Waals surface area contributed by atoms with Gasteiger partial charge in [0.05, 0.1) is 28.8 Å². The molecule has 0 atom stereocenters. The Morgan fingerprint density at radius 2 is 2.14 bits per heavy atom. The van der Waals surface area contributed by atoms with Crippen LogP contribution in [-0.4, -0.2) is 60.5 Å². The number of halogens is 1. The van der Waals surface area contributed by atoms with Crippen molar-refractivity contribution >= 4 is 39.7 Å². The second-order valence-electron chi connectivity index (χ2n) is 6.99. The SMILES string of the molecule is O=C1CN(Cc2nc(-c3ccc(Cl)s3)n[nH]2)CCN1Cc1cc2cnccc2[nH]1. The Morgan fingerprint density at radius 3 is 2.93 bits per heavy atom. The van der Waals surface area contributed by atoms with E-state index in [1.807, 2.05) is 29.3 Å². The van der Waals surface area contributed by atoms with Gasteiger partial charge in [-0.25, -0.2) is 4.98 Å². The monoisotopic (exact) mass is 427 g/mol. The van der Waals surface area contributed by atoms with E-state index in [-0.39, 0.29) is 5.91 Å². The summed E-state index contributed by atoms with van der Waals surface area (Å²) in [4.78, 5) is 29.6. The van der Waals surface area contributed by atoms with Crippen molar-refractivity contribution < 1.29 is 4.79 Å². The molecule has 1 saturated heterocycles. The van der Waals surface area contributed by atoms with Crippen molar-refractivity contribution in [1.29, 1.82) is 0 Å². The van der Waals surface area contributed by atoms with Crippen molar-refractivity contribution in [2.75, 3.05) is 19.6 Å². The number of nitrogens with one attached hydrogen (secondary N) is 2. The Bertz CT molecular complexity index is 1130. The van der Waals surface area contributed by atoms with E-state index < -0.39 is 0 Å². The van der Waals surface area contributed by atoms with Crippen molar-refractivity contribution in [3.05, 3.63) is 52.5 Å². The van der Waals surface area contributed by atoms with Gasteiger partial charge in [-0.15, -0.1) is 11.3 Å². The van der Waals surface area contributed by atoms with Crippen molar-refractivity contribution in [2.24, 2.45) is 0 Å². The first-order chi connectivity index (χ1) is 14.1. The second kappa shape index (κ2) is 7.58. The molecule has 5 rings (SSSR count). The normalized spacial score (nSPS) is 15.5. The number of pyridine rings is 1. The number of carbonyl (C=O) groups excluding carboxylic acids is 1. The Morgan fingerprint density at radius 1 is 1.21 bits per heavy atom. The predicted molar refractivity (Wildman–Crippen MR) is 111 cm³/mol. The summed E-state index contributed by atoms with van der Waals surface area (Å²) in [6.07, 6.45) is 3.58. The number of nitrogens with zero attached hydrogens (tertiary/aromatic N) is 5. The van der Waals surface area contributed by atoms with Gasteiger partial charge in [0, 0.05) is 42.1 Å². The molecular weight excluding hydrogens is 410 g/mol. The van der Waals surface area contributed by atoms with Gasteiger partial charge in [-0.1, -0.05) is 11.6 Å². The van der Waals surface area contributed by atoms with Crippen molar-refractivity contribution in [3.8, 4) is 10.7 Å². The summed E-state index contributed by atoms with van der Waals surface area (Å²) in [5.41, 5.74) is 2.05. The molecule has 1 fully saturated rings. The molecule has 0 saturated carbocycles. The van der Waals surface area contributed by atoms with Crippen LogP contribution in [0.5, 0.6) is 0 Å². The van der Waals surface area contributed by atoms with Gasteiger partial charge >= 0.3 is 0 Å². The van der Waals surface area contributed by atoms with Crippen molar-refractivity contribution in [2.45, 2.75) is 13.1 Å². The molecule has 0 aromatic carbocycles. The lowest BCUT2D eigenvalue weighted by atomic mass is 10.2. The first-order valence-electron chi connectivity index (χ1n) is 9.23. The molecule has 0 spiro atoms. The van der Waals surface area contributed by atoms with Crippen LogP contribution >= 0.6 is 22.9 Å². The summed E-state index contributed by atoms with van der Waals surface area (Å²) in [7, 11) is 0. The van der Waals surface area contributed by atoms with Gasteiger partial charge < -0.3 is 9.88 Å². The number of piperazine rings is 1. The van der Waals surface area contributed by atoms with Crippen LogP contribution in [0.15, 0.2) is 36.7 Å². The highest BCUT2D eigenvalue weighted by Gasteiger charge is 2.25. The fourth-order valence-electron chi connectivity index (χ4n) is 3.50. The van der Waals surface area contributed by atoms with E-state index in [0.717, 1.165) is 33.8 Å². The molecule has 0 bridgehead atoms. The summed E-state index contributed by atoms with van der Waals surface area (Å²) >= 11 is 7.42. The number of hydrogen-bond donors (Lipinski definition) is 2. The van der Waals surface area contributed by atoms with Gasteiger partial charge in [-0.3, -0.25) is 19.8 Å². The van der Waals surface area contributed by atoms with Crippen LogP contribution < -0.4 is 0 Å². The lowest BCUT2D eigenvalue weighted by Crippen LogP contribution is -2.49. The van der Waals surface area contributed by atoms with Gasteiger partial charge in [0.1, 0.15) is 5.82 Å². The molecule has 1 aliphatic rings. The van der Waals surface area contributed by atoms with Crippen LogP contribution in [0.3, 0.4) is 0 Å². The highest BCUT2D eigenvalue weighted by molar-refractivity contribution is 7.19. The van der Waals surface area contributed by atoms with Gasteiger partial charge in [0.15, 0.2) is 5.82 Å². The molecular formula is C19H18ClN7OS. The summed E-state index contributed by atoms with van der Waals surface area (Å²) in [6, 6.07) is 7.73. The standard InChI is InChI=1S/C19H18ClN7OS/c20-16-2-1-15(29-16)19-23-17(24-25-19)10-26-5-6-27(18(28)11-26)9-13-7-12-8-21-4-3-14(12)22-13/h1-4,7-8,22H,5-6,9-11H2,(H,23,24,25). The van der Waals surface area contributed by atoms with E-state index in [1.165, 1.54) is 11.3 Å². The average molecular weight is 428 g/mol. The molecule has 1 aliphatic heterocycles. The third kappa shape index (κ3) is 3.89. The van der Waals surface area contributed by atoms with Crippen molar-refractivity contribution in [3.63, 3.8) is 0 Å². The zero-order valence-corrected chi connectivity index (χ0v) is 17.0. The number of fused-ring (bicyclic) bond motifs is 1. The molecule has 5 heterocycles. The number of rotatable bonds is 5. The topological polar surface area (TPSA) is 93.8 Å². The highest BCUT2D eigenvalue weighted by atomic mass is 35.5.